The molecule has 2 nitrogen and oxygen atoms in total. The van der Waals surface area contributed by atoms with E-state index in [0.29, 0.717) is 6.04 Å². The number of nitrogens with zero attached hydrogens (tertiary/aromatic N) is 1. The lowest BCUT2D eigenvalue weighted by Crippen LogP contribution is -2.21. The van der Waals surface area contributed by atoms with Crippen LogP contribution >= 0.6 is 11.3 Å². The molecule has 2 aromatic heterocycles. The molecule has 1 atom stereocenters. The van der Waals surface area contributed by atoms with Crippen molar-refractivity contribution in [2.45, 2.75) is 39.7 Å². The van der Waals surface area contributed by atoms with E-state index in [9.17, 15) is 0 Å². The molecule has 0 aliphatic carbocycles. The van der Waals surface area contributed by atoms with E-state index in [-0.39, 0.29) is 0 Å². The van der Waals surface area contributed by atoms with Gasteiger partial charge < -0.3 is 5.32 Å². The number of hydrogen-bond acceptors (Lipinski definition) is 3. The second kappa shape index (κ2) is 6.83. The fourth-order valence-electron chi connectivity index (χ4n) is 2.44. The molecular formula is C16H22N2S. The monoisotopic (exact) mass is 274 g/mol. The maximum Gasteiger partial charge on any atom is 0.0379 e. The van der Waals surface area contributed by atoms with Crippen LogP contribution in [-0.2, 0) is 6.42 Å². The molecule has 0 bridgehead atoms. The Kier molecular flexibility index (Phi) is 5.11. The molecular weight excluding hydrogens is 252 g/mol. The van der Waals surface area contributed by atoms with Crippen LogP contribution in [0.4, 0.5) is 0 Å². The van der Waals surface area contributed by atoms with Crippen molar-refractivity contribution in [3.8, 4) is 0 Å². The predicted octanol–water partition coefficient (Wildman–Crippen LogP) is 4.04. The molecule has 3 heteroatoms. The largest absolute Gasteiger partial charge is 0.310 e. The highest BCUT2D eigenvalue weighted by atomic mass is 32.1. The first-order chi connectivity index (χ1) is 9.19. The van der Waals surface area contributed by atoms with Crippen LogP contribution in [0.3, 0.4) is 0 Å². The lowest BCUT2D eigenvalue weighted by molar-refractivity contribution is 0.516. The average Bonchev–Trinajstić information content (AvgIpc) is 2.86. The standard InChI is InChI=1S/C16H22N2S/c1-4-17-16(8-7-15-6-5-9-19-15)14-10-12(2)18-13(3)11-14/h5-6,9-11,16-17H,4,7-8H2,1-3H3. The van der Waals surface area contributed by atoms with Crippen LogP contribution in [0.25, 0.3) is 0 Å². The van der Waals surface area contributed by atoms with E-state index in [4.69, 9.17) is 0 Å². The third-order valence-electron chi connectivity index (χ3n) is 3.22. The number of hydrogen-bond donors (Lipinski definition) is 1. The van der Waals surface area contributed by atoms with Gasteiger partial charge in [-0.15, -0.1) is 11.3 Å². The van der Waals surface area contributed by atoms with Crippen molar-refractivity contribution >= 4 is 11.3 Å². The van der Waals surface area contributed by atoms with Gasteiger partial charge in [0.1, 0.15) is 0 Å². The van der Waals surface area contributed by atoms with Crippen LogP contribution in [0, 0.1) is 13.8 Å². The minimum atomic E-state index is 0.424. The van der Waals surface area contributed by atoms with Crippen molar-refractivity contribution in [1.82, 2.24) is 10.3 Å². The van der Waals surface area contributed by atoms with Crippen LogP contribution in [-0.4, -0.2) is 11.5 Å². The Morgan fingerprint density at radius 3 is 2.58 bits per heavy atom. The molecule has 2 rings (SSSR count). The summed E-state index contributed by atoms with van der Waals surface area (Å²) < 4.78 is 0. The number of thiophene rings is 1. The first kappa shape index (κ1) is 14.2. The van der Waals surface area contributed by atoms with E-state index in [2.05, 4.69) is 60.7 Å². The lowest BCUT2D eigenvalue weighted by atomic mass is 10.0. The second-order valence-electron chi connectivity index (χ2n) is 4.91. The van der Waals surface area contributed by atoms with Crippen molar-refractivity contribution in [1.29, 1.82) is 0 Å². The molecule has 19 heavy (non-hydrogen) atoms. The summed E-state index contributed by atoms with van der Waals surface area (Å²) in [5.41, 5.74) is 3.58. The molecule has 0 saturated carbocycles. The van der Waals surface area contributed by atoms with Gasteiger partial charge in [0, 0.05) is 22.3 Å². The van der Waals surface area contributed by atoms with Crippen molar-refractivity contribution in [3.05, 3.63) is 51.5 Å². The van der Waals surface area contributed by atoms with Gasteiger partial charge in [-0.05, 0) is 62.4 Å². The van der Waals surface area contributed by atoms with Crippen molar-refractivity contribution in [2.75, 3.05) is 6.54 Å². The molecule has 2 aromatic rings. The SMILES string of the molecule is CCNC(CCc1cccs1)c1cc(C)nc(C)c1. The lowest BCUT2D eigenvalue weighted by Gasteiger charge is -2.19. The molecule has 0 spiro atoms. The first-order valence-corrected chi connectivity index (χ1v) is 7.78. The normalized spacial score (nSPS) is 12.6. The number of aromatic nitrogens is 1. The topological polar surface area (TPSA) is 24.9 Å². The van der Waals surface area contributed by atoms with E-state index in [1.165, 1.54) is 10.4 Å². The molecule has 2 heterocycles. The molecule has 1 N–H and O–H groups in total. The van der Waals surface area contributed by atoms with Gasteiger partial charge in [-0.1, -0.05) is 13.0 Å². The fraction of sp³-hybridized carbons (Fsp3) is 0.438. The summed E-state index contributed by atoms with van der Waals surface area (Å²) in [5.74, 6) is 0. The molecule has 0 fully saturated rings. The summed E-state index contributed by atoms with van der Waals surface area (Å²) in [4.78, 5) is 5.92. The van der Waals surface area contributed by atoms with Gasteiger partial charge in [0.05, 0.1) is 0 Å². The van der Waals surface area contributed by atoms with Crippen LogP contribution in [0.2, 0.25) is 0 Å². The maximum atomic E-state index is 4.46. The molecule has 0 radical (unpaired) electrons. The number of aryl methyl sites for hydroxylation is 3. The summed E-state index contributed by atoms with van der Waals surface area (Å²) in [6.07, 6.45) is 2.27. The first-order valence-electron chi connectivity index (χ1n) is 6.90. The van der Waals surface area contributed by atoms with Gasteiger partial charge in [-0.3, -0.25) is 4.98 Å². The summed E-state index contributed by atoms with van der Waals surface area (Å²) in [5, 5.41) is 5.74. The third kappa shape index (κ3) is 4.15. The Balaban J connectivity index is 2.09. The molecule has 0 aliphatic heterocycles. The summed E-state index contributed by atoms with van der Waals surface area (Å²) in [7, 11) is 0. The van der Waals surface area contributed by atoms with Gasteiger partial charge in [0.15, 0.2) is 0 Å². The zero-order valence-electron chi connectivity index (χ0n) is 11.9. The molecule has 0 saturated heterocycles. The second-order valence-corrected chi connectivity index (χ2v) is 5.94. The summed E-state index contributed by atoms with van der Waals surface area (Å²) in [6.45, 7) is 7.30. The van der Waals surface area contributed by atoms with Crippen LogP contribution in [0.15, 0.2) is 29.6 Å². The zero-order chi connectivity index (χ0) is 13.7. The number of nitrogens with one attached hydrogen (secondary N) is 1. The van der Waals surface area contributed by atoms with Gasteiger partial charge in [-0.25, -0.2) is 0 Å². The highest BCUT2D eigenvalue weighted by Crippen LogP contribution is 2.22. The minimum Gasteiger partial charge on any atom is -0.310 e. The zero-order valence-corrected chi connectivity index (χ0v) is 12.8. The van der Waals surface area contributed by atoms with Crippen LogP contribution in [0.1, 0.15) is 41.2 Å². The van der Waals surface area contributed by atoms with Crippen molar-refractivity contribution in [3.63, 3.8) is 0 Å². The van der Waals surface area contributed by atoms with Gasteiger partial charge >= 0.3 is 0 Å². The third-order valence-corrected chi connectivity index (χ3v) is 4.15. The van der Waals surface area contributed by atoms with Crippen molar-refractivity contribution in [2.24, 2.45) is 0 Å². The van der Waals surface area contributed by atoms with Crippen molar-refractivity contribution < 1.29 is 0 Å². The number of rotatable bonds is 6. The molecule has 0 aliphatic rings. The summed E-state index contributed by atoms with van der Waals surface area (Å²) >= 11 is 1.84. The maximum absolute atomic E-state index is 4.46. The fourth-order valence-corrected chi connectivity index (χ4v) is 3.17. The molecule has 102 valence electrons. The van der Waals surface area contributed by atoms with Crippen LogP contribution in [0.5, 0.6) is 0 Å². The van der Waals surface area contributed by atoms with Gasteiger partial charge in [0.2, 0.25) is 0 Å². The Morgan fingerprint density at radius 1 is 1.26 bits per heavy atom. The smallest absolute Gasteiger partial charge is 0.0379 e. The molecule has 0 amide bonds. The van der Waals surface area contributed by atoms with E-state index < -0.39 is 0 Å². The minimum absolute atomic E-state index is 0.424. The Bertz CT molecular complexity index is 485. The Labute approximate surface area is 119 Å². The van der Waals surface area contributed by atoms with E-state index in [0.717, 1.165) is 30.8 Å². The van der Waals surface area contributed by atoms with Gasteiger partial charge in [0.25, 0.3) is 0 Å². The predicted molar refractivity (Wildman–Crippen MR) is 82.8 cm³/mol. The number of pyridine rings is 1. The average molecular weight is 274 g/mol. The molecule has 0 aromatic carbocycles. The quantitative estimate of drug-likeness (QED) is 0.860. The molecule has 1 unspecified atom stereocenters. The van der Waals surface area contributed by atoms with E-state index in [1.54, 1.807) is 0 Å². The Morgan fingerprint density at radius 2 is 2.00 bits per heavy atom. The highest BCUT2D eigenvalue weighted by molar-refractivity contribution is 7.09. The summed E-state index contributed by atoms with van der Waals surface area (Å²) in [6, 6.07) is 9.18. The Hall–Kier alpha value is -1.19. The van der Waals surface area contributed by atoms with E-state index in [1.807, 2.05) is 11.3 Å². The van der Waals surface area contributed by atoms with Crippen LogP contribution < -0.4 is 5.32 Å². The van der Waals surface area contributed by atoms with E-state index >= 15 is 0 Å². The van der Waals surface area contributed by atoms with Gasteiger partial charge in [-0.2, -0.15) is 0 Å². The highest BCUT2D eigenvalue weighted by Gasteiger charge is 2.12.